The first-order valence-corrected chi connectivity index (χ1v) is 7.11. The van der Waals surface area contributed by atoms with Gasteiger partial charge in [0.1, 0.15) is 11.8 Å². The first kappa shape index (κ1) is 18.8. The first-order valence-electron chi connectivity index (χ1n) is 7.11. The number of ether oxygens (including phenoxy) is 1. The molecule has 128 valence electrons. The van der Waals surface area contributed by atoms with Gasteiger partial charge >= 0.3 is 6.18 Å². The minimum absolute atomic E-state index is 0.135. The van der Waals surface area contributed by atoms with Gasteiger partial charge in [-0.2, -0.15) is 13.2 Å². The van der Waals surface area contributed by atoms with Gasteiger partial charge in [0, 0.05) is 6.54 Å². The maximum atomic E-state index is 12.4. The van der Waals surface area contributed by atoms with Gasteiger partial charge in [0.2, 0.25) is 5.91 Å². The molecule has 0 radical (unpaired) electrons. The maximum Gasteiger partial charge on any atom is 0.416 e. The highest BCUT2D eigenvalue weighted by Crippen LogP contribution is 2.30. The molecule has 1 rings (SSSR count). The van der Waals surface area contributed by atoms with Crippen LogP contribution in [0.3, 0.4) is 0 Å². The fourth-order valence-corrected chi connectivity index (χ4v) is 1.64. The summed E-state index contributed by atoms with van der Waals surface area (Å²) < 4.78 is 42.3. The van der Waals surface area contributed by atoms with Gasteiger partial charge in [-0.1, -0.05) is 6.92 Å². The minimum atomic E-state index is -4.42. The summed E-state index contributed by atoms with van der Waals surface area (Å²) in [5, 5.41) is 5.07. The lowest BCUT2D eigenvalue weighted by Gasteiger charge is -2.14. The summed E-state index contributed by atoms with van der Waals surface area (Å²) in [5.41, 5.74) is -0.796. The number of amides is 2. The molecule has 5 nitrogen and oxygen atoms in total. The Balaban J connectivity index is 2.42. The van der Waals surface area contributed by atoms with Crippen LogP contribution in [0.15, 0.2) is 24.3 Å². The molecular weight excluding hydrogens is 313 g/mol. The zero-order valence-electron chi connectivity index (χ0n) is 12.9. The Hall–Kier alpha value is -2.25. The van der Waals surface area contributed by atoms with E-state index in [4.69, 9.17) is 4.74 Å². The van der Waals surface area contributed by atoms with Crippen molar-refractivity contribution in [2.45, 2.75) is 32.5 Å². The van der Waals surface area contributed by atoms with Crippen molar-refractivity contribution in [3.8, 4) is 5.75 Å². The largest absolute Gasteiger partial charge is 0.484 e. The van der Waals surface area contributed by atoms with Crippen LogP contribution in [-0.2, 0) is 15.8 Å². The van der Waals surface area contributed by atoms with Gasteiger partial charge in [-0.15, -0.1) is 0 Å². The molecule has 0 unspecified atom stereocenters. The number of nitrogens with one attached hydrogen (secondary N) is 2. The van der Waals surface area contributed by atoms with Crippen LogP contribution in [0.25, 0.3) is 0 Å². The van der Waals surface area contributed by atoms with E-state index in [1.807, 2.05) is 6.92 Å². The van der Waals surface area contributed by atoms with Gasteiger partial charge in [0.15, 0.2) is 6.61 Å². The Morgan fingerprint density at radius 1 is 1.22 bits per heavy atom. The summed E-state index contributed by atoms with van der Waals surface area (Å²) in [6.45, 7) is 3.56. The van der Waals surface area contributed by atoms with Gasteiger partial charge in [-0.25, -0.2) is 0 Å². The molecule has 0 bridgehead atoms. The van der Waals surface area contributed by atoms with Gasteiger partial charge < -0.3 is 15.4 Å². The number of hydrogen-bond acceptors (Lipinski definition) is 3. The molecule has 0 aliphatic heterocycles. The second-order valence-electron chi connectivity index (χ2n) is 4.89. The van der Waals surface area contributed by atoms with Crippen LogP contribution in [0.5, 0.6) is 5.75 Å². The lowest BCUT2D eigenvalue weighted by atomic mass is 10.2. The van der Waals surface area contributed by atoms with Crippen molar-refractivity contribution in [1.82, 2.24) is 10.6 Å². The van der Waals surface area contributed by atoms with Crippen molar-refractivity contribution in [1.29, 1.82) is 0 Å². The zero-order chi connectivity index (χ0) is 17.5. The summed E-state index contributed by atoms with van der Waals surface area (Å²) in [5.74, 6) is -0.713. The third kappa shape index (κ3) is 6.58. The van der Waals surface area contributed by atoms with Crippen LogP contribution in [0.2, 0.25) is 0 Å². The third-order valence-electron chi connectivity index (χ3n) is 2.87. The highest BCUT2D eigenvalue weighted by atomic mass is 19.4. The standard InChI is InChI=1S/C15H19F3N2O3/c1-3-8-19-14(22)10(2)20-13(21)9-23-12-6-4-11(5-7-12)15(16,17)18/h4-7,10H,3,8-9H2,1-2H3,(H,19,22)(H,20,21)/t10-/m1/s1. The molecule has 0 aliphatic carbocycles. The van der Waals surface area contributed by atoms with Crippen LogP contribution in [-0.4, -0.2) is 31.0 Å². The minimum Gasteiger partial charge on any atom is -0.484 e. The first-order chi connectivity index (χ1) is 10.7. The van der Waals surface area contributed by atoms with Crippen molar-refractivity contribution in [3.05, 3.63) is 29.8 Å². The van der Waals surface area contributed by atoms with E-state index in [0.717, 1.165) is 30.7 Å². The Morgan fingerprint density at radius 3 is 2.35 bits per heavy atom. The Morgan fingerprint density at radius 2 is 1.83 bits per heavy atom. The molecule has 2 amide bonds. The Bertz CT molecular complexity index is 530. The predicted octanol–water partition coefficient (Wildman–Crippen LogP) is 2.12. The SMILES string of the molecule is CCCNC(=O)[C@@H](C)NC(=O)COc1ccc(C(F)(F)F)cc1. The summed E-state index contributed by atoms with van der Waals surface area (Å²) >= 11 is 0. The molecule has 8 heteroatoms. The number of rotatable bonds is 7. The van der Waals surface area contributed by atoms with E-state index in [0.29, 0.717) is 6.54 Å². The average molecular weight is 332 g/mol. The number of carbonyl (C=O) groups is 2. The number of hydrogen-bond donors (Lipinski definition) is 2. The molecule has 0 saturated heterocycles. The van der Waals surface area contributed by atoms with E-state index in [1.54, 1.807) is 0 Å². The fourth-order valence-electron chi connectivity index (χ4n) is 1.64. The molecule has 1 aromatic carbocycles. The Labute approximate surface area is 132 Å². The maximum absolute atomic E-state index is 12.4. The highest BCUT2D eigenvalue weighted by molar-refractivity contribution is 5.87. The van der Waals surface area contributed by atoms with Crippen molar-refractivity contribution in [2.75, 3.05) is 13.2 Å². The number of benzene rings is 1. The number of carbonyl (C=O) groups excluding carboxylic acids is 2. The quantitative estimate of drug-likeness (QED) is 0.804. The van der Waals surface area contributed by atoms with E-state index in [-0.39, 0.29) is 11.7 Å². The topological polar surface area (TPSA) is 67.4 Å². The molecule has 1 aromatic rings. The zero-order valence-corrected chi connectivity index (χ0v) is 12.9. The second-order valence-corrected chi connectivity index (χ2v) is 4.89. The number of halogens is 3. The van der Waals surface area contributed by atoms with Gasteiger partial charge in [-0.3, -0.25) is 9.59 Å². The summed E-state index contributed by atoms with van der Waals surface area (Å²) in [7, 11) is 0. The lowest BCUT2D eigenvalue weighted by molar-refractivity contribution is -0.137. The summed E-state index contributed by atoms with van der Waals surface area (Å²) in [6.07, 6.45) is -3.64. The highest BCUT2D eigenvalue weighted by Gasteiger charge is 2.30. The molecular formula is C15H19F3N2O3. The molecule has 0 aliphatic rings. The van der Waals surface area contributed by atoms with E-state index in [2.05, 4.69) is 10.6 Å². The monoisotopic (exact) mass is 332 g/mol. The van der Waals surface area contributed by atoms with Crippen molar-refractivity contribution >= 4 is 11.8 Å². The normalized spacial score (nSPS) is 12.4. The predicted molar refractivity (Wildman–Crippen MR) is 77.8 cm³/mol. The van der Waals surface area contributed by atoms with E-state index < -0.39 is 30.3 Å². The molecule has 0 spiro atoms. The van der Waals surface area contributed by atoms with Crippen molar-refractivity contribution < 1.29 is 27.5 Å². The second kappa shape index (κ2) is 8.40. The average Bonchev–Trinajstić information content (AvgIpc) is 2.50. The van der Waals surface area contributed by atoms with Gasteiger partial charge in [0.05, 0.1) is 5.56 Å². The van der Waals surface area contributed by atoms with E-state index >= 15 is 0 Å². The van der Waals surface area contributed by atoms with Crippen molar-refractivity contribution in [3.63, 3.8) is 0 Å². The van der Waals surface area contributed by atoms with Crippen LogP contribution in [0.1, 0.15) is 25.8 Å². The van der Waals surface area contributed by atoms with E-state index in [9.17, 15) is 22.8 Å². The number of alkyl halides is 3. The Kier molecular flexibility index (Phi) is 6.87. The van der Waals surface area contributed by atoms with Gasteiger partial charge in [-0.05, 0) is 37.6 Å². The van der Waals surface area contributed by atoms with Crippen LogP contribution in [0.4, 0.5) is 13.2 Å². The fraction of sp³-hybridized carbons (Fsp3) is 0.467. The summed E-state index contributed by atoms with van der Waals surface area (Å²) in [6, 6.07) is 3.29. The summed E-state index contributed by atoms with van der Waals surface area (Å²) in [4.78, 5) is 23.2. The molecule has 0 fully saturated rings. The lowest BCUT2D eigenvalue weighted by Crippen LogP contribution is -2.46. The molecule has 2 N–H and O–H groups in total. The van der Waals surface area contributed by atoms with Crippen molar-refractivity contribution in [2.24, 2.45) is 0 Å². The molecule has 0 aromatic heterocycles. The molecule has 1 atom stereocenters. The molecule has 0 heterocycles. The molecule has 23 heavy (non-hydrogen) atoms. The van der Waals surface area contributed by atoms with Crippen LogP contribution >= 0.6 is 0 Å². The molecule has 0 saturated carbocycles. The third-order valence-corrected chi connectivity index (χ3v) is 2.87. The van der Waals surface area contributed by atoms with Crippen LogP contribution in [0, 0.1) is 0 Å². The van der Waals surface area contributed by atoms with E-state index in [1.165, 1.54) is 6.92 Å². The smallest absolute Gasteiger partial charge is 0.416 e. The van der Waals surface area contributed by atoms with Crippen LogP contribution < -0.4 is 15.4 Å². The van der Waals surface area contributed by atoms with Gasteiger partial charge in [0.25, 0.3) is 5.91 Å².